The second kappa shape index (κ2) is 6.45. The maximum atomic E-state index is 13.5. The molecule has 0 bridgehead atoms. The van der Waals surface area contributed by atoms with E-state index in [4.69, 9.17) is 17.3 Å². The van der Waals surface area contributed by atoms with Gasteiger partial charge in [0.05, 0.1) is 22.3 Å². The van der Waals surface area contributed by atoms with Gasteiger partial charge in [0.2, 0.25) is 0 Å². The van der Waals surface area contributed by atoms with Crippen molar-refractivity contribution in [3.63, 3.8) is 0 Å². The number of pyridine rings is 1. The topological polar surface area (TPSA) is 101 Å². The first kappa shape index (κ1) is 17.4. The highest BCUT2D eigenvalue weighted by Gasteiger charge is 2.17. The van der Waals surface area contributed by atoms with Crippen LogP contribution < -0.4 is 16.6 Å². The van der Waals surface area contributed by atoms with Crippen LogP contribution in [0.15, 0.2) is 23.0 Å². The highest BCUT2D eigenvalue weighted by atomic mass is 35.5. The van der Waals surface area contributed by atoms with Gasteiger partial charge in [-0.15, -0.1) is 0 Å². The lowest BCUT2D eigenvalue weighted by Gasteiger charge is -2.13. The Bertz CT molecular complexity index is 1050. The maximum absolute atomic E-state index is 13.5. The summed E-state index contributed by atoms with van der Waals surface area (Å²) >= 11 is 6.93. The summed E-state index contributed by atoms with van der Waals surface area (Å²) in [5.74, 6) is -1.14. The number of nitrogens with two attached hydrogens (primary N) is 1. The van der Waals surface area contributed by atoms with E-state index in [0.29, 0.717) is 32.2 Å². The van der Waals surface area contributed by atoms with Gasteiger partial charge in [-0.1, -0.05) is 22.9 Å². The number of nitrogens with zero attached hydrogens (tertiary/aromatic N) is 1. The average molecular weight is 381 g/mol. The number of H-pyrrole nitrogens is 1. The molecule has 0 aliphatic heterocycles. The zero-order valence-corrected chi connectivity index (χ0v) is 14.9. The monoisotopic (exact) mass is 380 g/mol. The number of fused-ring (bicyclic) bond motifs is 1. The zero-order chi connectivity index (χ0) is 18.3. The van der Waals surface area contributed by atoms with Gasteiger partial charge in [0.15, 0.2) is 5.13 Å². The van der Waals surface area contributed by atoms with Gasteiger partial charge in [0.1, 0.15) is 10.7 Å². The molecule has 2 aromatic heterocycles. The Hall–Kier alpha value is -2.45. The molecule has 0 spiro atoms. The third-order valence-corrected chi connectivity index (χ3v) is 5.13. The summed E-state index contributed by atoms with van der Waals surface area (Å²) in [4.78, 5) is 30.9. The van der Waals surface area contributed by atoms with Gasteiger partial charge in [-0.2, -0.15) is 0 Å². The number of carbonyl (C=O) groups is 1. The van der Waals surface area contributed by atoms with Crippen LogP contribution in [0.3, 0.4) is 0 Å². The van der Waals surface area contributed by atoms with Crippen LogP contribution in [0, 0.1) is 12.7 Å². The standard InChI is InChI=1S/C16H14ClFN4O2S/c1-6(20-16-21-7(2)13(25-16)14(19)23)9-3-8-4-10(17)11(18)5-12(8)22-15(9)24/h3-6H,1-2H3,(H2,19,23)(H,20,21)(H,22,24). The third kappa shape index (κ3) is 3.35. The largest absolute Gasteiger partial charge is 0.365 e. The Labute approximate surface area is 150 Å². The molecule has 0 saturated carbocycles. The number of aromatic amines is 1. The molecule has 3 aromatic rings. The lowest BCUT2D eigenvalue weighted by Crippen LogP contribution is -2.19. The first-order valence-corrected chi connectivity index (χ1v) is 8.51. The lowest BCUT2D eigenvalue weighted by atomic mass is 10.1. The lowest BCUT2D eigenvalue weighted by molar-refractivity contribution is 0.100. The minimum absolute atomic E-state index is 0.0206. The summed E-state index contributed by atoms with van der Waals surface area (Å²) in [6.45, 7) is 3.47. The van der Waals surface area contributed by atoms with E-state index in [0.717, 1.165) is 11.3 Å². The smallest absolute Gasteiger partial charge is 0.260 e. The molecule has 0 aliphatic carbocycles. The van der Waals surface area contributed by atoms with Crippen LogP contribution in [0.1, 0.15) is 33.9 Å². The van der Waals surface area contributed by atoms with Crippen LogP contribution in [-0.2, 0) is 0 Å². The summed E-state index contributed by atoms with van der Waals surface area (Å²) in [7, 11) is 0. The Morgan fingerprint density at radius 1 is 1.44 bits per heavy atom. The second-order valence-corrected chi connectivity index (χ2v) is 6.98. The Balaban J connectivity index is 1.96. The minimum Gasteiger partial charge on any atom is -0.365 e. The molecule has 1 aromatic carbocycles. The fourth-order valence-corrected chi connectivity index (χ4v) is 3.57. The molecule has 9 heteroatoms. The molecule has 25 heavy (non-hydrogen) atoms. The molecule has 130 valence electrons. The summed E-state index contributed by atoms with van der Waals surface area (Å²) in [6, 6.07) is 3.89. The number of carbonyl (C=O) groups excluding carboxylic acids is 1. The molecule has 2 heterocycles. The van der Waals surface area contributed by atoms with Crippen LogP contribution in [0.25, 0.3) is 10.9 Å². The van der Waals surface area contributed by atoms with Crippen molar-refractivity contribution in [3.05, 3.63) is 55.5 Å². The van der Waals surface area contributed by atoms with Gasteiger partial charge in [0.25, 0.3) is 11.5 Å². The number of benzene rings is 1. The Kier molecular flexibility index (Phi) is 4.49. The fraction of sp³-hybridized carbons (Fsp3) is 0.188. The molecule has 1 amide bonds. The number of primary amides is 1. The molecule has 6 nitrogen and oxygen atoms in total. The summed E-state index contributed by atoms with van der Waals surface area (Å²) < 4.78 is 13.5. The van der Waals surface area contributed by atoms with E-state index in [1.165, 1.54) is 12.1 Å². The van der Waals surface area contributed by atoms with E-state index in [-0.39, 0.29) is 10.6 Å². The van der Waals surface area contributed by atoms with E-state index in [1.807, 2.05) is 0 Å². The van der Waals surface area contributed by atoms with E-state index < -0.39 is 17.8 Å². The van der Waals surface area contributed by atoms with E-state index in [1.54, 1.807) is 19.9 Å². The van der Waals surface area contributed by atoms with Crippen LogP contribution in [0.2, 0.25) is 5.02 Å². The highest BCUT2D eigenvalue weighted by molar-refractivity contribution is 7.17. The number of thiazole rings is 1. The van der Waals surface area contributed by atoms with Gasteiger partial charge >= 0.3 is 0 Å². The number of rotatable bonds is 4. The van der Waals surface area contributed by atoms with Gasteiger partial charge in [-0.05, 0) is 32.0 Å². The normalized spacial score (nSPS) is 12.3. The summed E-state index contributed by atoms with van der Waals surface area (Å²) in [5, 5.41) is 4.15. The molecule has 0 aliphatic rings. The second-order valence-electron chi connectivity index (χ2n) is 5.57. The van der Waals surface area contributed by atoms with Gasteiger partial charge in [-0.3, -0.25) is 9.59 Å². The van der Waals surface area contributed by atoms with Gasteiger partial charge in [-0.25, -0.2) is 9.37 Å². The van der Waals surface area contributed by atoms with Crippen LogP contribution >= 0.6 is 22.9 Å². The molecular weight excluding hydrogens is 367 g/mol. The van der Waals surface area contributed by atoms with Crippen molar-refractivity contribution in [2.24, 2.45) is 5.73 Å². The fourth-order valence-electron chi connectivity index (χ4n) is 2.49. The van der Waals surface area contributed by atoms with Crippen molar-refractivity contribution in [2.75, 3.05) is 5.32 Å². The van der Waals surface area contributed by atoms with Crippen molar-refractivity contribution in [1.29, 1.82) is 0 Å². The zero-order valence-electron chi connectivity index (χ0n) is 13.3. The van der Waals surface area contributed by atoms with Crippen LogP contribution in [0.5, 0.6) is 0 Å². The first-order valence-electron chi connectivity index (χ1n) is 7.32. The Morgan fingerprint density at radius 3 is 2.80 bits per heavy atom. The predicted molar refractivity (Wildman–Crippen MR) is 96.9 cm³/mol. The Morgan fingerprint density at radius 2 is 2.16 bits per heavy atom. The van der Waals surface area contributed by atoms with Gasteiger partial charge in [0, 0.05) is 10.9 Å². The van der Waals surface area contributed by atoms with Crippen molar-refractivity contribution in [3.8, 4) is 0 Å². The maximum Gasteiger partial charge on any atom is 0.260 e. The molecule has 1 atom stereocenters. The minimum atomic E-state index is -0.596. The number of aromatic nitrogens is 2. The number of halogens is 2. The molecular formula is C16H14ClFN4O2S. The molecule has 1 unspecified atom stereocenters. The first-order chi connectivity index (χ1) is 11.8. The van der Waals surface area contributed by atoms with Crippen LogP contribution in [0.4, 0.5) is 9.52 Å². The van der Waals surface area contributed by atoms with Crippen molar-refractivity contribution < 1.29 is 9.18 Å². The molecule has 3 rings (SSSR count). The van der Waals surface area contributed by atoms with Crippen molar-refractivity contribution in [2.45, 2.75) is 19.9 Å². The quantitative estimate of drug-likeness (QED) is 0.646. The molecule has 4 N–H and O–H groups in total. The van der Waals surface area contributed by atoms with Crippen molar-refractivity contribution >= 4 is 44.9 Å². The average Bonchev–Trinajstić information content (AvgIpc) is 2.89. The van der Waals surface area contributed by atoms with Gasteiger partial charge < -0.3 is 16.0 Å². The third-order valence-electron chi connectivity index (χ3n) is 3.74. The van der Waals surface area contributed by atoms with Crippen LogP contribution in [-0.4, -0.2) is 15.9 Å². The van der Waals surface area contributed by atoms with E-state index in [9.17, 15) is 14.0 Å². The SMILES string of the molecule is Cc1nc(NC(C)c2cc3cc(Cl)c(F)cc3[nH]c2=O)sc1C(N)=O. The van der Waals surface area contributed by atoms with E-state index >= 15 is 0 Å². The number of amides is 1. The number of hydrogen-bond donors (Lipinski definition) is 3. The number of nitrogens with one attached hydrogen (secondary N) is 2. The molecule has 0 radical (unpaired) electrons. The molecule has 0 fully saturated rings. The highest BCUT2D eigenvalue weighted by Crippen LogP contribution is 2.27. The number of anilines is 1. The predicted octanol–water partition coefficient (Wildman–Crippen LogP) is 3.36. The summed E-state index contributed by atoms with van der Waals surface area (Å²) in [6.07, 6.45) is 0. The van der Waals surface area contributed by atoms with E-state index in [2.05, 4.69) is 15.3 Å². The summed E-state index contributed by atoms with van der Waals surface area (Å²) in [5.41, 5.74) is 6.27. The van der Waals surface area contributed by atoms with Crippen molar-refractivity contribution in [1.82, 2.24) is 9.97 Å². The number of hydrogen-bond acceptors (Lipinski definition) is 5. The molecule has 0 saturated heterocycles. The number of aryl methyl sites for hydroxylation is 1.